The monoisotopic (exact) mass is 343 g/mol. The van der Waals surface area contributed by atoms with Gasteiger partial charge < -0.3 is 5.32 Å². The van der Waals surface area contributed by atoms with Crippen LogP contribution in [0, 0.1) is 24.4 Å². The summed E-state index contributed by atoms with van der Waals surface area (Å²) in [6.07, 6.45) is 0.363. The number of carbonyl (C=O) groups is 1. The van der Waals surface area contributed by atoms with Gasteiger partial charge in [-0.2, -0.15) is 0 Å². The molecular formula is C14H9BrF3NO. The highest BCUT2D eigenvalue weighted by Gasteiger charge is 2.18. The maximum atomic E-state index is 13.9. The Morgan fingerprint density at radius 2 is 1.85 bits per heavy atom. The summed E-state index contributed by atoms with van der Waals surface area (Å²) in [7, 11) is 0. The number of halogens is 4. The van der Waals surface area contributed by atoms with E-state index in [0.29, 0.717) is 11.8 Å². The fraction of sp³-hybridized carbons (Fsp3) is 0.0714. The second kappa shape index (κ2) is 5.66. The maximum absolute atomic E-state index is 13.9. The van der Waals surface area contributed by atoms with E-state index in [2.05, 4.69) is 21.2 Å². The second-order valence-electron chi connectivity index (χ2n) is 4.18. The fourth-order valence-corrected chi connectivity index (χ4v) is 2.11. The third-order valence-electron chi connectivity index (χ3n) is 2.70. The van der Waals surface area contributed by atoms with Crippen molar-refractivity contribution in [3.05, 3.63) is 57.3 Å². The van der Waals surface area contributed by atoms with Gasteiger partial charge in [0.25, 0.3) is 0 Å². The number of aldehydes is 1. The van der Waals surface area contributed by atoms with Gasteiger partial charge >= 0.3 is 0 Å². The molecule has 0 radical (unpaired) electrons. The Balaban J connectivity index is 2.53. The molecule has 0 amide bonds. The Labute approximate surface area is 121 Å². The first kappa shape index (κ1) is 14.6. The van der Waals surface area contributed by atoms with E-state index in [1.807, 2.05) is 0 Å². The topological polar surface area (TPSA) is 29.1 Å². The van der Waals surface area contributed by atoms with E-state index in [4.69, 9.17) is 0 Å². The van der Waals surface area contributed by atoms with Crippen molar-refractivity contribution in [1.82, 2.24) is 0 Å². The van der Waals surface area contributed by atoms with Crippen molar-refractivity contribution in [2.24, 2.45) is 0 Å². The summed E-state index contributed by atoms with van der Waals surface area (Å²) < 4.78 is 40.9. The van der Waals surface area contributed by atoms with Gasteiger partial charge in [-0.15, -0.1) is 0 Å². The summed E-state index contributed by atoms with van der Waals surface area (Å²) in [5.41, 5.74) is 0.129. The number of aryl methyl sites for hydroxylation is 1. The van der Waals surface area contributed by atoms with Crippen LogP contribution in [0.15, 0.2) is 28.7 Å². The molecule has 0 spiro atoms. The molecule has 0 aliphatic carbocycles. The van der Waals surface area contributed by atoms with Gasteiger partial charge in [0.1, 0.15) is 5.82 Å². The summed E-state index contributed by atoms with van der Waals surface area (Å²) in [6, 6.07) is 5.37. The smallest absolute Gasteiger partial charge is 0.184 e. The molecule has 0 atom stereocenters. The van der Waals surface area contributed by atoms with Gasteiger partial charge in [0, 0.05) is 5.56 Å². The minimum absolute atomic E-state index is 0.0423. The molecule has 2 aromatic carbocycles. The number of hydrogen-bond acceptors (Lipinski definition) is 2. The number of benzene rings is 2. The van der Waals surface area contributed by atoms with Gasteiger partial charge in [-0.3, -0.25) is 4.79 Å². The zero-order chi connectivity index (χ0) is 14.9. The normalized spacial score (nSPS) is 10.4. The molecule has 20 heavy (non-hydrogen) atoms. The lowest BCUT2D eigenvalue weighted by atomic mass is 10.1. The van der Waals surface area contributed by atoms with Crippen LogP contribution in [0.3, 0.4) is 0 Å². The summed E-state index contributed by atoms with van der Waals surface area (Å²) in [4.78, 5) is 10.9. The first-order valence-corrected chi connectivity index (χ1v) is 6.39. The highest BCUT2D eigenvalue weighted by molar-refractivity contribution is 9.10. The summed E-state index contributed by atoms with van der Waals surface area (Å²) in [5, 5.41) is 2.41. The molecule has 0 fully saturated rings. The van der Waals surface area contributed by atoms with E-state index in [0.717, 1.165) is 6.07 Å². The SMILES string of the molecule is Cc1ccc(Nc2c(C=O)cc(Br)c(F)c2F)c(F)c1. The van der Waals surface area contributed by atoms with Crippen LogP contribution in [0.5, 0.6) is 0 Å². The molecule has 0 saturated heterocycles. The third-order valence-corrected chi connectivity index (χ3v) is 3.28. The van der Waals surface area contributed by atoms with E-state index >= 15 is 0 Å². The first-order valence-electron chi connectivity index (χ1n) is 5.60. The number of anilines is 2. The van der Waals surface area contributed by atoms with Crippen LogP contribution in [0.4, 0.5) is 24.5 Å². The minimum Gasteiger partial charge on any atom is -0.350 e. The lowest BCUT2D eigenvalue weighted by Gasteiger charge is -2.12. The van der Waals surface area contributed by atoms with Crippen LogP contribution >= 0.6 is 15.9 Å². The van der Waals surface area contributed by atoms with Gasteiger partial charge in [-0.05, 0) is 46.6 Å². The zero-order valence-electron chi connectivity index (χ0n) is 10.3. The first-order chi connectivity index (χ1) is 9.43. The number of carbonyl (C=O) groups excluding carboxylic acids is 1. The lowest BCUT2D eigenvalue weighted by Crippen LogP contribution is -2.03. The van der Waals surface area contributed by atoms with Crippen LogP contribution in [0.25, 0.3) is 0 Å². The highest BCUT2D eigenvalue weighted by atomic mass is 79.9. The van der Waals surface area contributed by atoms with Crippen molar-refractivity contribution in [2.75, 3.05) is 5.32 Å². The molecule has 0 aromatic heterocycles. The van der Waals surface area contributed by atoms with Crippen molar-refractivity contribution in [3.63, 3.8) is 0 Å². The van der Waals surface area contributed by atoms with Crippen molar-refractivity contribution < 1.29 is 18.0 Å². The largest absolute Gasteiger partial charge is 0.350 e. The zero-order valence-corrected chi connectivity index (χ0v) is 11.9. The molecular weight excluding hydrogens is 335 g/mol. The Hall–Kier alpha value is -1.82. The van der Waals surface area contributed by atoms with Crippen molar-refractivity contribution in [3.8, 4) is 0 Å². The summed E-state index contributed by atoms with van der Waals surface area (Å²) in [6.45, 7) is 1.70. The van der Waals surface area contributed by atoms with Crippen molar-refractivity contribution >= 4 is 33.6 Å². The lowest BCUT2D eigenvalue weighted by molar-refractivity contribution is 0.112. The third kappa shape index (κ3) is 2.70. The van der Waals surface area contributed by atoms with Gasteiger partial charge in [-0.1, -0.05) is 6.07 Å². The predicted octanol–water partition coefficient (Wildman–Crippen LogP) is 4.73. The molecule has 0 unspecified atom stereocenters. The van der Waals surface area contributed by atoms with Gasteiger partial charge in [0.15, 0.2) is 17.9 Å². The van der Waals surface area contributed by atoms with Gasteiger partial charge in [-0.25, -0.2) is 13.2 Å². The Morgan fingerprint density at radius 1 is 1.15 bits per heavy atom. The van der Waals surface area contributed by atoms with Crippen LogP contribution < -0.4 is 5.32 Å². The molecule has 6 heteroatoms. The standard InChI is InChI=1S/C14H9BrF3NO/c1-7-2-3-11(10(16)4-7)19-14-8(6-20)5-9(15)12(17)13(14)18/h2-6,19H,1H3. The minimum atomic E-state index is -1.25. The highest BCUT2D eigenvalue weighted by Crippen LogP contribution is 2.31. The molecule has 2 rings (SSSR count). The molecule has 0 aliphatic rings. The quantitative estimate of drug-likeness (QED) is 0.644. The number of rotatable bonds is 3. The second-order valence-corrected chi connectivity index (χ2v) is 5.03. The van der Waals surface area contributed by atoms with E-state index in [9.17, 15) is 18.0 Å². The van der Waals surface area contributed by atoms with E-state index < -0.39 is 23.1 Å². The molecule has 0 bridgehead atoms. The molecule has 104 valence electrons. The molecule has 2 nitrogen and oxygen atoms in total. The van der Waals surface area contributed by atoms with Crippen molar-refractivity contribution in [1.29, 1.82) is 0 Å². The molecule has 0 saturated carbocycles. The molecule has 0 aliphatic heterocycles. The van der Waals surface area contributed by atoms with Crippen LogP contribution in [-0.4, -0.2) is 6.29 Å². The number of hydrogen-bond donors (Lipinski definition) is 1. The molecule has 2 aromatic rings. The average Bonchev–Trinajstić information content (AvgIpc) is 2.41. The maximum Gasteiger partial charge on any atom is 0.184 e. The van der Waals surface area contributed by atoms with Gasteiger partial charge in [0.2, 0.25) is 0 Å². The molecule has 1 N–H and O–H groups in total. The average molecular weight is 344 g/mol. The van der Waals surface area contributed by atoms with Crippen molar-refractivity contribution in [2.45, 2.75) is 6.92 Å². The number of nitrogens with one attached hydrogen (secondary N) is 1. The summed E-state index contributed by atoms with van der Waals surface area (Å²) in [5.74, 6) is -3.02. The fourth-order valence-electron chi connectivity index (χ4n) is 1.69. The van der Waals surface area contributed by atoms with E-state index in [1.165, 1.54) is 12.1 Å². The van der Waals surface area contributed by atoms with Crippen LogP contribution in [-0.2, 0) is 0 Å². The Kier molecular flexibility index (Phi) is 4.13. The Bertz CT molecular complexity index is 689. The molecule has 0 heterocycles. The predicted molar refractivity (Wildman–Crippen MR) is 73.9 cm³/mol. The van der Waals surface area contributed by atoms with Gasteiger partial charge in [0.05, 0.1) is 15.8 Å². The van der Waals surface area contributed by atoms with E-state index in [-0.39, 0.29) is 15.7 Å². The summed E-state index contributed by atoms with van der Waals surface area (Å²) >= 11 is 2.81. The van der Waals surface area contributed by atoms with Crippen LogP contribution in [0.1, 0.15) is 15.9 Å². The Morgan fingerprint density at radius 3 is 2.45 bits per heavy atom. The van der Waals surface area contributed by atoms with E-state index in [1.54, 1.807) is 13.0 Å². The van der Waals surface area contributed by atoms with Crippen LogP contribution in [0.2, 0.25) is 0 Å².